The van der Waals surface area contributed by atoms with Crippen molar-refractivity contribution in [3.05, 3.63) is 55.4 Å². The van der Waals surface area contributed by atoms with Gasteiger partial charge in [0.2, 0.25) is 0 Å². The van der Waals surface area contributed by atoms with Gasteiger partial charge >= 0.3 is 0 Å². The second-order valence-electron chi connectivity index (χ2n) is 3.88. The van der Waals surface area contributed by atoms with Gasteiger partial charge < -0.3 is 4.57 Å². The lowest BCUT2D eigenvalue weighted by molar-refractivity contribution is 0.729. The minimum atomic E-state index is 0.257. The topological polar surface area (TPSA) is 17.8 Å². The molecule has 1 heterocycles. The van der Waals surface area contributed by atoms with Crippen molar-refractivity contribution in [2.24, 2.45) is 0 Å². The molecule has 0 aliphatic carbocycles. The van der Waals surface area contributed by atoms with Crippen molar-refractivity contribution < 1.29 is 0 Å². The predicted molar refractivity (Wildman–Crippen MR) is 68.5 cm³/mol. The maximum atomic E-state index is 4.65. The molecule has 0 radical (unpaired) electrons. The second kappa shape index (κ2) is 4.35. The highest BCUT2D eigenvalue weighted by atomic mass is 15.1. The fourth-order valence-electron chi connectivity index (χ4n) is 1.87. The average Bonchev–Trinajstić information content (AvgIpc) is 2.68. The molecule has 2 nitrogen and oxygen atoms in total. The van der Waals surface area contributed by atoms with Gasteiger partial charge in [0, 0.05) is 12.5 Å². The molecule has 0 aliphatic heterocycles. The van der Waals surface area contributed by atoms with Gasteiger partial charge in [-0.15, -0.1) is 13.2 Å². The summed E-state index contributed by atoms with van der Waals surface area (Å²) in [7, 11) is 0. The summed E-state index contributed by atoms with van der Waals surface area (Å²) in [4.78, 5) is 4.65. The Morgan fingerprint density at radius 1 is 1.38 bits per heavy atom. The molecular weight excluding hydrogens is 196 g/mol. The van der Waals surface area contributed by atoms with Gasteiger partial charge in [-0.3, -0.25) is 0 Å². The molecule has 2 aromatic rings. The molecule has 82 valence electrons. The van der Waals surface area contributed by atoms with Crippen LogP contribution >= 0.6 is 0 Å². The van der Waals surface area contributed by atoms with Crippen LogP contribution in [0.2, 0.25) is 0 Å². The van der Waals surface area contributed by atoms with E-state index >= 15 is 0 Å². The Labute approximate surface area is 95.9 Å². The minimum absolute atomic E-state index is 0.257. The molecule has 2 rings (SSSR count). The second-order valence-corrected chi connectivity index (χ2v) is 3.88. The maximum absolute atomic E-state index is 4.65. The van der Waals surface area contributed by atoms with E-state index in [0.29, 0.717) is 0 Å². The number of fused-ring (bicyclic) bond motifs is 1. The van der Waals surface area contributed by atoms with Crippen molar-refractivity contribution in [1.29, 1.82) is 0 Å². The molecule has 0 aliphatic rings. The molecule has 0 saturated heterocycles. The van der Waals surface area contributed by atoms with Crippen LogP contribution in [0.25, 0.3) is 11.0 Å². The normalized spacial score (nSPS) is 12.6. The Hall–Kier alpha value is -1.83. The number of aromatic nitrogens is 2. The summed E-state index contributed by atoms with van der Waals surface area (Å²) in [5.41, 5.74) is 2.19. The summed E-state index contributed by atoms with van der Waals surface area (Å²) in [5.74, 6) is 1.31. The first-order valence-corrected chi connectivity index (χ1v) is 5.46. The lowest BCUT2D eigenvalue weighted by Crippen LogP contribution is -2.04. The van der Waals surface area contributed by atoms with E-state index in [1.165, 1.54) is 0 Å². The van der Waals surface area contributed by atoms with Gasteiger partial charge in [0.05, 0.1) is 11.0 Å². The Bertz CT molecular complexity index is 523. The highest BCUT2D eigenvalue weighted by molar-refractivity contribution is 5.76. The minimum Gasteiger partial charge on any atom is -0.324 e. The van der Waals surface area contributed by atoms with Gasteiger partial charge in [-0.05, 0) is 12.1 Å². The first-order chi connectivity index (χ1) is 7.77. The quantitative estimate of drug-likeness (QED) is 0.709. The monoisotopic (exact) mass is 212 g/mol. The van der Waals surface area contributed by atoms with Crippen molar-refractivity contribution in [3.8, 4) is 0 Å². The smallest absolute Gasteiger partial charge is 0.116 e. The van der Waals surface area contributed by atoms with Crippen LogP contribution in [0.4, 0.5) is 0 Å². The molecule has 1 unspecified atom stereocenters. The van der Waals surface area contributed by atoms with Crippen LogP contribution < -0.4 is 0 Å². The molecule has 16 heavy (non-hydrogen) atoms. The molecule has 0 spiro atoms. The van der Waals surface area contributed by atoms with Gasteiger partial charge in [-0.2, -0.15) is 0 Å². The van der Waals surface area contributed by atoms with Crippen molar-refractivity contribution in [3.63, 3.8) is 0 Å². The highest BCUT2D eigenvalue weighted by Crippen LogP contribution is 2.22. The Morgan fingerprint density at radius 3 is 2.81 bits per heavy atom. The van der Waals surface area contributed by atoms with Crippen molar-refractivity contribution in [2.75, 3.05) is 0 Å². The molecule has 2 heteroatoms. The molecular formula is C14H16N2. The average molecular weight is 212 g/mol. The summed E-state index contributed by atoms with van der Waals surface area (Å²) >= 11 is 0. The van der Waals surface area contributed by atoms with Crippen molar-refractivity contribution in [1.82, 2.24) is 9.55 Å². The van der Waals surface area contributed by atoms with E-state index in [-0.39, 0.29) is 5.92 Å². The number of imidazole rings is 1. The van der Waals surface area contributed by atoms with Crippen molar-refractivity contribution >= 4 is 11.0 Å². The highest BCUT2D eigenvalue weighted by Gasteiger charge is 2.12. The first kappa shape index (κ1) is 10.7. The standard InChI is InChI=1S/C14H16N2/c1-4-10-16-13-9-7-6-8-12(13)15-14(16)11(3)5-2/h4-9,11H,1-2,10H2,3H3. The number of rotatable bonds is 4. The van der Waals surface area contributed by atoms with Crippen LogP contribution in [0.1, 0.15) is 18.7 Å². The fourth-order valence-corrected chi connectivity index (χ4v) is 1.87. The van der Waals surface area contributed by atoms with E-state index in [1.807, 2.05) is 30.4 Å². The number of nitrogens with zero attached hydrogens (tertiary/aromatic N) is 2. The van der Waals surface area contributed by atoms with Crippen LogP contribution in [0.3, 0.4) is 0 Å². The SMILES string of the molecule is C=CCn1c(C(C)C=C)nc2ccccc21. The van der Waals surface area contributed by atoms with Gasteiger partial charge in [-0.1, -0.05) is 31.2 Å². The van der Waals surface area contributed by atoms with E-state index in [0.717, 1.165) is 23.4 Å². The van der Waals surface area contributed by atoms with Crippen LogP contribution in [-0.4, -0.2) is 9.55 Å². The Kier molecular flexibility index (Phi) is 2.91. The molecule has 0 bridgehead atoms. The van der Waals surface area contributed by atoms with E-state index in [9.17, 15) is 0 Å². The molecule has 0 N–H and O–H groups in total. The maximum Gasteiger partial charge on any atom is 0.116 e. The summed E-state index contributed by atoms with van der Waals surface area (Å²) < 4.78 is 2.19. The molecule has 0 amide bonds. The van der Waals surface area contributed by atoms with Gasteiger partial charge in [-0.25, -0.2) is 4.98 Å². The summed E-state index contributed by atoms with van der Waals surface area (Å²) in [5, 5.41) is 0. The van der Waals surface area contributed by atoms with Crippen LogP contribution in [0.5, 0.6) is 0 Å². The first-order valence-electron chi connectivity index (χ1n) is 5.46. The van der Waals surface area contributed by atoms with E-state index < -0.39 is 0 Å². The Balaban J connectivity index is 2.66. The molecule has 0 fully saturated rings. The molecule has 1 aromatic heterocycles. The molecule has 0 saturated carbocycles. The number of allylic oxidation sites excluding steroid dienone is 2. The molecule has 1 atom stereocenters. The summed E-state index contributed by atoms with van der Waals surface area (Å²) in [6.45, 7) is 10.5. The molecule has 1 aromatic carbocycles. The number of para-hydroxylation sites is 2. The fraction of sp³-hybridized carbons (Fsp3) is 0.214. The lowest BCUT2D eigenvalue weighted by atomic mass is 10.1. The largest absolute Gasteiger partial charge is 0.324 e. The van der Waals surface area contributed by atoms with E-state index in [1.54, 1.807) is 0 Å². The lowest BCUT2D eigenvalue weighted by Gasteiger charge is -2.09. The predicted octanol–water partition coefficient (Wildman–Crippen LogP) is 3.51. The van der Waals surface area contributed by atoms with Gasteiger partial charge in [0.25, 0.3) is 0 Å². The van der Waals surface area contributed by atoms with Gasteiger partial charge in [0.15, 0.2) is 0 Å². The van der Waals surface area contributed by atoms with Crippen LogP contribution in [0, 0.1) is 0 Å². The number of hydrogen-bond donors (Lipinski definition) is 0. The zero-order valence-electron chi connectivity index (χ0n) is 9.56. The zero-order valence-corrected chi connectivity index (χ0v) is 9.56. The zero-order chi connectivity index (χ0) is 11.5. The van der Waals surface area contributed by atoms with Crippen molar-refractivity contribution in [2.45, 2.75) is 19.4 Å². The summed E-state index contributed by atoms with van der Waals surface area (Å²) in [6.07, 6.45) is 3.81. The number of benzene rings is 1. The van der Waals surface area contributed by atoms with Crippen LogP contribution in [-0.2, 0) is 6.54 Å². The Morgan fingerprint density at radius 2 is 2.12 bits per heavy atom. The van der Waals surface area contributed by atoms with E-state index in [2.05, 4.69) is 35.7 Å². The third kappa shape index (κ3) is 1.67. The third-order valence-electron chi connectivity index (χ3n) is 2.76. The van der Waals surface area contributed by atoms with Gasteiger partial charge in [0.1, 0.15) is 5.82 Å². The van der Waals surface area contributed by atoms with E-state index in [4.69, 9.17) is 0 Å². The summed E-state index contributed by atoms with van der Waals surface area (Å²) in [6, 6.07) is 8.17. The third-order valence-corrected chi connectivity index (χ3v) is 2.76. The van der Waals surface area contributed by atoms with Crippen LogP contribution in [0.15, 0.2) is 49.6 Å². The number of hydrogen-bond acceptors (Lipinski definition) is 1.